The highest BCUT2D eigenvalue weighted by Crippen LogP contribution is 2.27. The number of nitrogens with zero attached hydrogens (tertiary/aromatic N) is 1. The Labute approximate surface area is 135 Å². The van der Waals surface area contributed by atoms with Gasteiger partial charge in [0.1, 0.15) is 0 Å². The number of hydrogen-bond donors (Lipinski definition) is 0. The molecule has 1 aliphatic carbocycles. The van der Waals surface area contributed by atoms with Crippen LogP contribution in [0.3, 0.4) is 0 Å². The van der Waals surface area contributed by atoms with Gasteiger partial charge in [-0.3, -0.25) is 4.90 Å². The Morgan fingerprint density at radius 3 is 2.36 bits per heavy atom. The van der Waals surface area contributed by atoms with Gasteiger partial charge in [0.2, 0.25) is 0 Å². The van der Waals surface area contributed by atoms with Gasteiger partial charge in [-0.15, -0.1) is 0 Å². The zero-order chi connectivity index (χ0) is 15.2. The molecule has 118 valence electrons. The molecule has 3 rings (SSSR count). The molecule has 0 atom stereocenters. The minimum atomic E-state index is 0.896. The van der Waals surface area contributed by atoms with Crippen LogP contribution in [0.15, 0.2) is 48.1 Å². The molecule has 1 nitrogen and oxygen atoms in total. The maximum atomic E-state index is 2.63. The van der Waals surface area contributed by atoms with Crippen molar-refractivity contribution in [3.05, 3.63) is 59.2 Å². The van der Waals surface area contributed by atoms with Gasteiger partial charge in [0.15, 0.2) is 0 Å². The molecular formula is C21H29N. The number of rotatable bonds is 5. The van der Waals surface area contributed by atoms with Crippen LogP contribution in [0.4, 0.5) is 0 Å². The molecule has 1 aromatic carbocycles. The molecule has 0 amide bonds. The summed E-state index contributed by atoms with van der Waals surface area (Å²) in [5.74, 6) is 0.896. The Kier molecular flexibility index (Phi) is 5.50. The molecule has 1 aromatic rings. The molecule has 0 bridgehead atoms. The standard InChI is InChI=1S/C21H29N/c1-2-18-8-10-21(11-9-18)17-22-14-12-20(13-15-22)16-19-6-4-3-5-7-19/h4,6-11,20H,2-3,5,12-17H2,1H3. The van der Waals surface area contributed by atoms with E-state index in [0.29, 0.717) is 0 Å². The van der Waals surface area contributed by atoms with Crippen molar-refractivity contribution >= 4 is 0 Å². The topological polar surface area (TPSA) is 3.24 Å². The van der Waals surface area contributed by atoms with Gasteiger partial charge in [0, 0.05) is 6.54 Å². The van der Waals surface area contributed by atoms with Crippen molar-refractivity contribution in [2.24, 2.45) is 5.92 Å². The number of piperidine rings is 1. The fourth-order valence-electron chi connectivity index (χ4n) is 3.64. The number of allylic oxidation sites excluding steroid dienone is 4. The predicted octanol–water partition coefficient (Wildman–Crippen LogP) is 5.13. The lowest BCUT2D eigenvalue weighted by Crippen LogP contribution is -2.33. The maximum absolute atomic E-state index is 2.63. The smallest absolute Gasteiger partial charge is 0.0233 e. The van der Waals surface area contributed by atoms with Crippen molar-refractivity contribution in [3.63, 3.8) is 0 Å². The molecule has 1 aliphatic heterocycles. The lowest BCUT2D eigenvalue weighted by atomic mass is 9.88. The molecular weight excluding hydrogens is 266 g/mol. The van der Waals surface area contributed by atoms with Crippen molar-refractivity contribution in [1.82, 2.24) is 4.90 Å². The number of likely N-dealkylation sites (tertiary alicyclic amines) is 1. The second kappa shape index (κ2) is 7.78. The summed E-state index contributed by atoms with van der Waals surface area (Å²) in [5, 5.41) is 0. The fraction of sp³-hybridized carbons (Fsp3) is 0.524. The highest BCUT2D eigenvalue weighted by Gasteiger charge is 2.20. The van der Waals surface area contributed by atoms with Crippen molar-refractivity contribution in [2.75, 3.05) is 13.1 Å². The van der Waals surface area contributed by atoms with Crippen LogP contribution in [0.25, 0.3) is 0 Å². The number of benzene rings is 1. The average molecular weight is 295 g/mol. The molecule has 2 aliphatic rings. The minimum Gasteiger partial charge on any atom is -0.299 e. The predicted molar refractivity (Wildman–Crippen MR) is 94.9 cm³/mol. The second-order valence-corrected chi connectivity index (χ2v) is 6.85. The van der Waals surface area contributed by atoms with Gasteiger partial charge < -0.3 is 0 Å². The van der Waals surface area contributed by atoms with Crippen molar-refractivity contribution in [1.29, 1.82) is 0 Å². The van der Waals surface area contributed by atoms with Crippen molar-refractivity contribution < 1.29 is 0 Å². The van der Waals surface area contributed by atoms with E-state index >= 15 is 0 Å². The van der Waals surface area contributed by atoms with E-state index in [1.54, 1.807) is 5.57 Å². The second-order valence-electron chi connectivity index (χ2n) is 6.85. The van der Waals surface area contributed by atoms with Crippen LogP contribution in [-0.2, 0) is 13.0 Å². The summed E-state index contributed by atoms with van der Waals surface area (Å²) in [7, 11) is 0. The molecule has 0 N–H and O–H groups in total. The first-order valence-electron chi connectivity index (χ1n) is 8.99. The third kappa shape index (κ3) is 4.33. The largest absolute Gasteiger partial charge is 0.299 e. The first kappa shape index (κ1) is 15.6. The Morgan fingerprint density at radius 2 is 1.73 bits per heavy atom. The van der Waals surface area contributed by atoms with Crippen LogP contribution in [0.2, 0.25) is 0 Å². The normalized spacial score (nSPS) is 20.1. The average Bonchev–Trinajstić information content (AvgIpc) is 2.58. The molecule has 0 spiro atoms. The molecule has 0 saturated carbocycles. The monoisotopic (exact) mass is 295 g/mol. The highest BCUT2D eigenvalue weighted by atomic mass is 15.1. The van der Waals surface area contributed by atoms with Gasteiger partial charge in [0.25, 0.3) is 0 Å². The lowest BCUT2D eigenvalue weighted by molar-refractivity contribution is 0.177. The van der Waals surface area contributed by atoms with Crippen LogP contribution in [0.5, 0.6) is 0 Å². The summed E-state index contributed by atoms with van der Waals surface area (Å²) in [6.45, 7) is 5.87. The number of aryl methyl sites for hydroxylation is 1. The summed E-state index contributed by atoms with van der Waals surface area (Å²) in [6.07, 6.45) is 14.8. The molecule has 22 heavy (non-hydrogen) atoms. The van der Waals surface area contributed by atoms with E-state index in [0.717, 1.165) is 18.9 Å². The Morgan fingerprint density at radius 1 is 1.00 bits per heavy atom. The first-order chi connectivity index (χ1) is 10.8. The molecule has 1 fully saturated rings. The molecule has 0 radical (unpaired) electrons. The fourth-order valence-corrected chi connectivity index (χ4v) is 3.64. The van der Waals surface area contributed by atoms with Gasteiger partial charge in [-0.25, -0.2) is 0 Å². The van der Waals surface area contributed by atoms with Crippen LogP contribution in [-0.4, -0.2) is 18.0 Å². The molecule has 0 unspecified atom stereocenters. The summed E-state index contributed by atoms with van der Waals surface area (Å²) >= 11 is 0. The van der Waals surface area contributed by atoms with Crippen LogP contribution in [0.1, 0.15) is 50.2 Å². The quantitative estimate of drug-likeness (QED) is 0.728. The third-order valence-corrected chi connectivity index (χ3v) is 5.14. The van der Waals surface area contributed by atoms with E-state index in [9.17, 15) is 0 Å². The minimum absolute atomic E-state index is 0.896. The summed E-state index contributed by atoms with van der Waals surface area (Å²) in [6, 6.07) is 9.18. The number of hydrogen-bond acceptors (Lipinski definition) is 1. The lowest BCUT2D eigenvalue weighted by Gasteiger charge is -2.32. The van der Waals surface area contributed by atoms with Crippen LogP contribution < -0.4 is 0 Å². The molecule has 1 heterocycles. The third-order valence-electron chi connectivity index (χ3n) is 5.14. The Bertz CT molecular complexity index is 515. The van der Waals surface area contributed by atoms with Crippen LogP contribution in [0, 0.1) is 5.92 Å². The van der Waals surface area contributed by atoms with E-state index in [1.165, 1.54) is 56.3 Å². The van der Waals surface area contributed by atoms with Gasteiger partial charge >= 0.3 is 0 Å². The maximum Gasteiger partial charge on any atom is 0.0233 e. The summed E-state index contributed by atoms with van der Waals surface area (Å²) in [5.41, 5.74) is 4.49. The van der Waals surface area contributed by atoms with Crippen LogP contribution >= 0.6 is 0 Å². The van der Waals surface area contributed by atoms with Gasteiger partial charge in [-0.05, 0) is 68.7 Å². The molecule has 0 aromatic heterocycles. The van der Waals surface area contributed by atoms with E-state index in [-0.39, 0.29) is 0 Å². The Hall–Kier alpha value is -1.34. The van der Waals surface area contributed by atoms with E-state index in [2.05, 4.69) is 54.3 Å². The van der Waals surface area contributed by atoms with Crippen molar-refractivity contribution in [3.8, 4) is 0 Å². The first-order valence-corrected chi connectivity index (χ1v) is 8.99. The molecule has 1 heteroatoms. The zero-order valence-corrected chi connectivity index (χ0v) is 13.9. The van der Waals surface area contributed by atoms with E-state index < -0.39 is 0 Å². The summed E-state index contributed by atoms with van der Waals surface area (Å²) in [4.78, 5) is 2.63. The molecule has 1 saturated heterocycles. The van der Waals surface area contributed by atoms with E-state index in [1.807, 2.05) is 0 Å². The summed E-state index contributed by atoms with van der Waals surface area (Å²) < 4.78 is 0. The zero-order valence-electron chi connectivity index (χ0n) is 13.9. The highest BCUT2D eigenvalue weighted by molar-refractivity contribution is 5.23. The van der Waals surface area contributed by atoms with Gasteiger partial charge in [-0.1, -0.05) is 55.0 Å². The van der Waals surface area contributed by atoms with Crippen molar-refractivity contribution in [2.45, 2.75) is 52.0 Å². The van der Waals surface area contributed by atoms with E-state index in [4.69, 9.17) is 0 Å². The van der Waals surface area contributed by atoms with Gasteiger partial charge in [-0.2, -0.15) is 0 Å². The Balaban J connectivity index is 1.45. The van der Waals surface area contributed by atoms with Gasteiger partial charge in [0.05, 0.1) is 0 Å². The SMILES string of the molecule is CCc1ccc(CN2CCC(CC3=CCCC=C3)CC2)cc1.